The Morgan fingerprint density at radius 1 is 1.20 bits per heavy atom. The summed E-state index contributed by atoms with van der Waals surface area (Å²) in [5.41, 5.74) is 0.725. The van der Waals surface area contributed by atoms with Crippen LogP contribution < -0.4 is 0 Å². The number of piperidine rings is 1. The topological polar surface area (TPSA) is 57.6 Å². The Morgan fingerprint density at radius 3 is 2.20 bits per heavy atom. The molecule has 1 saturated heterocycles. The molecule has 0 aliphatic carbocycles. The lowest BCUT2D eigenvalue weighted by atomic mass is 9.87. The van der Waals surface area contributed by atoms with E-state index in [1.807, 2.05) is 0 Å². The molecule has 112 valence electrons. The molecule has 4 nitrogen and oxygen atoms in total. The number of nitrogens with zero attached hydrogens (tertiary/aromatic N) is 1. The predicted octanol–water partition coefficient (Wildman–Crippen LogP) is 2.24. The number of rotatable bonds is 4. The Morgan fingerprint density at radius 2 is 1.75 bits per heavy atom. The van der Waals surface area contributed by atoms with Gasteiger partial charge in [0.1, 0.15) is 0 Å². The molecule has 0 saturated carbocycles. The maximum absolute atomic E-state index is 12.5. The molecular formula is C15H23NO3S. The maximum Gasteiger partial charge on any atom is 0.243 e. The molecule has 0 radical (unpaired) electrons. The van der Waals surface area contributed by atoms with Crippen LogP contribution in [0.25, 0.3) is 0 Å². The Hall–Kier alpha value is -0.910. The van der Waals surface area contributed by atoms with Crippen LogP contribution in [0.5, 0.6) is 0 Å². The summed E-state index contributed by atoms with van der Waals surface area (Å²) in [5, 5.41) is 9.00. The fourth-order valence-corrected chi connectivity index (χ4v) is 4.17. The van der Waals surface area contributed by atoms with E-state index in [-0.39, 0.29) is 6.61 Å². The number of sulfonamides is 1. The molecule has 0 aromatic heterocycles. The number of aliphatic hydroxyl groups is 1. The number of hydrogen-bond donors (Lipinski definition) is 1. The molecule has 0 unspecified atom stereocenters. The largest absolute Gasteiger partial charge is 0.392 e. The molecule has 0 amide bonds. The van der Waals surface area contributed by atoms with Crippen LogP contribution in [-0.4, -0.2) is 30.9 Å². The van der Waals surface area contributed by atoms with Gasteiger partial charge >= 0.3 is 0 Å². The van der Waals surface area contributed by atoms with Gasteiger partial charge in [-0.1, -0.05) is 26.0 Å². The Labute approximate surface area is 121 Å². The maximum atomic E-state index is 12.5. The van der Waals surface area contributed by atoms with Crippen molar-refractivity contribution < 1.29 is 13.5 Å². The van der Waals surface area contributed by atoms with Crippen molar-refractivity contribution in [2.24, 2.45) is 11.8 Å². The van der Waals surface area contributed by atoms with Gasteiger partial charge in [0.25, 0.3) is 0 Å². The zero-order valence-corrected chi connectivity index (χ0v) is 12.9. The minimum absolute atomic E-state index is 0.0693. The predicted molar refractivity (Wildman–Crippen MR) is 78.7 cm³/mol. The summed E-state index contributed by atoms with van der Waals surface area (Å²) in [6.45, 7) is 5.53. The molecular weight excluding hydrogens is 274 g/mol. The van der Waals surface area contributed by atoms with Gasteiger partial charge in [-0.3, -0.25) is 0 Å². The average molecular weight is 297 g/mol. The molecule has 1 aromatic rings. The highest BCUT2D eigenvalue weighted by Crippen LogP contribution is 2.28. The van der Waals surface area contributed by atoms with E-state index in [1.54, 1.807) is 28.6 Å². The van der Waals surface area contributed by atoms with Gasteiger partial charge in [0.15, 0.2) is 0 Å². The quantitative estimate of drug-likeness (QED) is 0.927. The highest BCUT2D eigenvalue weighted by molar-refractivity contribution is 7.89. The van der Waals surface area contributed by atoms with Crippen LogP contribution >= 0.6 is 0 Å². The average Bonchev–Trinajstić information content (AvgIpc) is 2.47. The van der Waals surface area contributed by atoms with Crippen LogP contribution in [-0.2, 0) is 16.6 Å². The Kier molecular flexibility index (Phi) is 4.83. The lowest BCUT2D eigenvalue weighted by molar-refractivity contribution is 0.226. The summed E-state index contributed by atoms with van der Waals surface area (Å²) >= 11 is 0. The van der Waals surface area contributed by atoms with Gasteiger partial charge in [-0.2, -0.15) is 4.31 Å². The van der Waals surface area contributed by atoms with Crippen LogP contribution in [0.4, 0.5) is 0 Å². The minimum atomic E-state index is -3.38. The summed E-state index contributed by atoms with van der Waals surface area (Å²) < 4.78 is 26.6. The van der Waals surface area contributed by atoms with E-state index in [1.165, 1.54) is 0 Å². The van der Waals surface area contributed by atoms with Gasteiger partial charge in [0.2, 0.25) is 10.0 Å². The summed E-state index contributed by atoms with van der Waals surface area (Å²) in [6.07, 6.45) is 1.87. The van der Waals surface area contributed by atoms with Crippen LogP contribution in [0.1, 0.15) is 32.3 Å². The van der Waals surface area contributed by atoms with Gasteiger partial charge in [0, 0.05) is 13.1 Å². The van der Waals surface area contributed by atoms with Crippen molar-refractivity contribution in [1.82, 2.24) is 4.31 Å². The molecule has 0 atom stereocenters. The first-order chi connectivity index (χ1) is 9.45. The van der Waals surface area contributed by atoms with Crippen molar-refractivity contribution in [2.75, 3.05) is 13.1 Å². The van der Waals surface area contributed by atoms with E-state index in [9.17, 15) is 8.42 Å². The first-order valence-electron chi connectivity index (χ1n) is 7.15. The fourth-order valence-electron chi connectivity index (χ4n) is 2.70. The third-order valence-corrected chi connectivity index (χ3v) is 6.10. The Balaban J connectivity index is 2.11. The van der Waals surface area contributed by atoms with Gasteiger partial charge in [-0.05, 0) is 42.4 Å². The Bertz CT molecular complexity index is 529. The molecule has 1 heterocycles. The zero-order valence-electron chi connectivity index (χ0n) is 12.1. The molecule has 5 heteroatoms. The molecule has 1 aromatic carbocycles. The van der Waals surface area contributed by atoms with E-state index in [0.717, 1.165) is 18.4 Å². The summed E-state index contributed by atoms with van der Waals surface area (Å²) in [4.78, 5) is 0.317. The van der Waals surface area contributed by atoms with Crippen molar-refractivity contribution >= 4 is 10.0 Å². The molecule has 1 aliphatic rings. The van der Waals surface area contributed by atoms with Crippen molar-refractivity contribution in [3.05, 3.63) is 29.8 Å². The van der Waals surface area contributed by atoms with Crippen molar-refractivity contribution in [3.8, 4) is 0 Å². The van der Waals surface area contributed by atoms with Gasteiger partial charge in [-0.15, -0.1) is 0 Å². The molecule has 1 fully saturated rings. The molecule has 0 bridgehead atoms. The second-order valence-electron chi connectivity index (χ2n) is 5.79. The van der Waals surface area contributed by atoms with Crippen LogP contribution in [0.15, 0.2) is 29.2 Å². The lowest BCUT2D eigenvalue weighted by Gasteiger charge is -2.33. The summed E-state index contributed by atoms with van der Waals surface area (Å²) in [5.74, 6) is 1.24. The molecule has 0 spiro atoms. The number of benzene rings is 1. The van der Waals surface area contributed by atoms with E-state index >= 15 is 0 Å². The van der Waals surface area contributed by atoms with Gasteiger partial charge in [0.05, 0.1) is 11.5 Å². The van der Waals surface area contributed by atoms with Crippen LogP contribution in [0.3, 0.4) is 0 Å². The number of aliphatic hydroxyl groups excluding tert-OH is 1. The van der Waals surface area contributed by atoms with E-state index < -0.39 is 10.0 Å². The van der Waals surface area contributed by atoms with Crippen molar-refractivity contribution in [2.45, 2.75) is 38.2 Å². The second-order valence-corrected chi connectivity index (χ2v) is 7.73. The van der Waals surface area contributed by atoms with E-state index in [4.69, 9.17) is 5.11 Å². The SMILES string of the molecule is CC(C)C1CCN(S(=O)(=O)c2ccc(CO)cc2)CC1. The standard InChI is InChI=1S/C15H23NO3S/c1-12(2)14-7-9-16(10-8-14)20(18,19)15-5-3-13(11-17)4-6-15/h3-6,12,14,17H,7-11H2,1-2H3. The molecule has 1 aliphatic heterocycles. The van der Waals surface area contributed by atoms with Crippen LogP contribution in [0, 0.1) is 11.8 Å². The van der Waals surface area contributed by atoms with Gasteiger partial charge < -0.3 is 5.11 Å². The zero-order chi connectivity index (χ0) is 14.8. The van der Waals surface area contributed by atoms with E-state index in [0.29, 0.717) is 29.8 Å². The summed E-state index contributed by atoms with van der Waals surface area (Å²) in [6, 6.07) is 6.48. The smallest absolute Gasteiger partial charge is 0.243 e. The second kappa shape index (κ2) is 6.24. The molecule has 1 N–H and O–H groups in total. The van der Waals surface area contributed by atoms with E-state index in [2.05, 4.69) is 13.8 Å². The normalized spacial score (nSPS) is 18.6. The van der Waals surface area contributed by atoms with Crippen molar-refractivity contribution in [1.29, 1.82) is 0 Å². The fraction of sp³-hybridized carbons (Fsp3) is 0.600. The van der Waals surface area contributed by atoms with Crippen LogP contribution in [0.2, 0.25) is 0 Å². The lowest BCUT2D eigenvalue weighted by Crippen LogP contribution is -2.39. The molecule has 20 heavy (non-hydrogen) atoms. The first kappa shape index (κ1) is 15.5. The van der Waals surface area contributed by atoms with Gasteiger partial charge in [-0.25, -0.2) is 8.42 Å². The molecule has 2 rings (SSSR count). The number of hydrogen-bond acceptors (Lipinski definition) is 3. The highest BCUT2D eigenvalue weighted by atomic mass is 32.2. The third kappa shape index (κ3) is 3.22. The third-order valence-electron chi connectivity index (χ3n) is 4.19. The minimum Gasteiger partial charge on any atom is -0.392 e. The monoisotopic (exact) mass is 297 g/mol. The first-order valence-corrected chi connectivity index (χ1v) is 8.59. The summed E-state index contributed by atoms with van der Waals surface area (Å²) in [7, 11) is -3.38. The van der Waals surface area contributed by atoms with Crippen molar-refractivity contribution in [3.63, 3.8) is 0 Å². The highest BCUT2D eigenvalue weighted by Gasteiger charge is 2.30.